The third-order valence-corrected chi connectivity index (χ3v) is 2.98. The maximum absolute atomic E-state index is 13.3. The van der Waals surface area contributed by atoms with Crippen LogP contribution in [0.4, 0.5) is 4.39 Å². The summed E-state index contributed by atoms with van der Waals surface area (Å²) >= 11 is 0. The largest absolute Gasteiger partial charge is 0.482 e. The molecule has 0 aromatic heterocycles. The van der Waals surface area contributed by atoms with Gasteiger partial charge in [-0.3, -0.25) is 0 Å². The number of hydrogen-bond donors (Lipinski definition) is 1. The van der Waals surface area contributed by atoms with Crippen LogP contribution >= 0.6 is 0 Å². The van der Waals surface area contributed by atoms with Crippen molar-refractivity contribution in [1.82, 2.24) is 5.32 Å². The highest BCUT2D eigenvalue weighted by Gasteiger charge is 2.13. The lowest BCUT2D eigenvalue weighted by Gasteiger charge is -2.16. The van der Waals surface area contributed by atoms with Crippen LogP contribution in [-0.2, 0) is 9.53 Å². The van der Waals surface area contributed by atoms with Gasteiger partial charge in [0.25, 0.3) is 0 Å². The Balaban J connectivity index is 2.61. The number of benzene rings is 1. The standard InChI is InChI=1S/C15H22FNO3/c1-4-5-8-19-15(18)10-20-14-7-6-12(16)9-13(14)11(2)17-3/h6-7,9,11,17H,4-5,8,10H2,1-3H3. The van der Waals surface area contributed by atoms with Gasteiger partial charge in [0, 0.05) is 11.6 Å². The molecule has 0 aliphatic rings. The first-order chi connectivity index (χ1) is 9.58. The Morgan fingerprint density at radius 1 is 1.45 bits per heavy atom. The van der Waals surface area contributed by atoms with Crippen LogP contribution in [0.1, 0.15) is 38.3 Å². The molecule has 0 bridgehead atoms. The van der Waals surface area contributed by atoms with E-state index in [1.54, 1.807) is 7.05 Å². The van der Waals surface area contributed by atoms with Gasteiger partial charge in [0.1, 0.15) is 11.6 Å². The van der Waals surface area contributed by atoms with Crippen LogP contribution in [0.15, 0.2) is 18.2 Å². The van der Waals surface area contributed by atoms with Gasteiger partial charge < -0.3 is 14.8 Å². The summed E-state index contributed by atoms with van der Waals surface area (Å²) in [7, 11) is 1.78. The molecule has 1 atom stereocenters. The van der Waals surface area contributed by atoms with Gasteiger partial charge in [0.15, 0.2) is 6.61 Å². The number of carbonyl (C=O) groups is 1. The summed E-state index contributed by atoms with van der Waals surface area (Å²) in [5.74, 6) is -0.258. The Labute approximate surface area is 119 Å². The second kappa shape index (κ2) is 8.53. The lowest BCUT2D eigenvalue weighted by Crippen LogP contribution is -2.18. The number of carbonyl (C=O) groups excluding carboxylic acids is 1. The summed E-state index contributed by atoms with van der Waals surface area (Å²) in [5.41, 5.74) is 0.675. The lowest BCUT2D eigenvalue weighted by molar-refractivity contribution is -0.146. The normalized spacial score (nSPS) is 12.0. The monoisotopic (exact) mass is 283 g/mol. The molecule has 1 aromatic rings. The van der Waals surface area contributed by atoms with E-state index in [0.717, 1.165) is 12.8 Å². The highest BCUT2D eigenvalue weighted by Crippen LogP contribution is 2.25. The summed E-state index contributed by atoms with van der Waals surface area (Å²) < 4.78 is 23.7. The van der Waals surface area contributed by atoms with Crippen LogP contribution in [0, 0.1) is 5.82 Å². The molecule has 0 heterocycles. The third kappa shape index (κ3) is 5.17. The Morgan fingerprint density at radius 2 is 2.20 bits per heavy atom. The second-order valence-electron chi connectivity index (χ2n) is 4.56. The molecule has 20 heavy (non-hydrogen) atoms. The van der Waals surface area contributed by atoms with Crippen molar-refractivity contribution in [2.75, 3.05) is 20.3 Å². The first-order valence-electron chi connectivity index (χ1n) is 6.83. The SMILES string of the molecule is CCCCOC(=O)COc1ccc(F)cc1C(C)NC. The summed E-state index contributed by atoms with van der Waals surface area (Å²) in [5, 5.41) is 3.02. The Kier molecular flexibility index (Phi) is 7.01. The molecule has 0 saturated heterocycles. The molecule has 5 heteroatoms. The fourth-order valence-electron chi connectivity index (χ4n) is 1.65. The van der Waals surface area contributed by atoms with E-state index in [-0.39, 0.29) is 18.5 Å². The molecule has 0 aliphatic carbocycles. The van der Waals surface area contributed by atoms with Gasteiger partial charge in [-0.25, -0.2) is 9.18 Å². The van der Waals surface area contributed by atoms with Gasteiger partial charge in [-0.05, 0) is 38.6 Å². The third-order valence-electron chi connectivity index (χ3n) is 2.98. The van der Waals surface area contributed by atoms with Crippen LogP contribution < -0.4 is 10.1 Å². The molecular weight excluding hydrogens is 261 g/mol. The Morgan fingerprint density at radius 3 is 2.85 bits per heavy atom. The van der Waals surface area contributed by atoms with Gasteiger partial charge in [0.05, 0.1) is 6.61 Å². The van der Waals surface area contributed by atoms with Crippen molar-refractivity contribution < 1.29 is 18.7 Å². The molecule has 112 valence electrons. The van der Waals surface area contributed by atoms with Gasteiger partial charge in [-0.15, -0.1) is 0 Å². The summed E-state index contributed by atoms with van der Waals surface area (Å²) in [6, 6.07) is 4.16. The number of rotatable bonds is 8. The molecule has 1 unspecified atom stereocenters. The molecule has 0 radical (unpaired) electrons. The molecule has 4 nitrogen and oxygen atoms in total. The fourth-order valence-corrected chi connectivity index (χ4v) is 1.65. The van der Waals surface area contributed by atoms with Gasteiger partial charge in [0.2, 0.25) is 0 Å². The first-order valence-corrected chi connectivity index (χ1v) is 6.83. The quantitative estimate of drug-likeness (QED) is 0.588. The highest BCUT2D eigenvalue weighted by molar-refractivity contribution is 5.71. The number of esters is 1. The van der Waals surface area contributed by atoms with E-state index in [9.17, 15) is 9.18 Å². The topological polar surface area (TPSA) is 47.6 Å². The molecular formula is C15H22FNO3. The predicted octanol–water partition coefficient (Wildman–Crippen LogP) is 2.83. The molecule has 0 aliphatic heterocycles. The number of ether oxygens (including phenoxy) is 2. The minimum absolute atomic E-state index is 0.0724. The van der Waals surface area contributed by atoms with Crippen LogP contribution in [0.2, 0.25) is 0 Å². The van der Waals surface area contributed by atoms with E-state index in [1.807, 2.05) is 13.8 Å². The zero-order valence-corrected chi connectivity index (χ0v) is 12.2. The summed E-state index contributed by atoms with van der Waals surface area (Å²) in [4.78, 5) is 11.5. The van der Waals surface area contributed by atoms with Crippen LogP contribution in [-0.4, -0.2) is 26.2 Å². The van der Waals surface area contributed by atoms with Crippen molar-refractivity contribution in [1.29, 1.82) is 0 Å². The van der Waals surface area contributed by atoms with Crippen molar-refractivity contribution in [2.45, 2.75) is 32.7 Å². The Bertz CT molecular complexity index is 437. The number of hydrogen-bond acceptors (Lipinski definition) is 4. The van der Waals surface area contributed by atoms with Crippen molar-refractivity contribution in [3.63, 3.8) is 0 Å². The van der Waals surface area contributed by atoms with Crippen molar-refractivity contribution in [3.8, 4) is 5.75 Å². The average Bonchev–Trinajstić information content (AvgIpc) is 2.45. The molecule has 0 amide bonds. The number of unbranched alkanes of at least 4 members (excludes halogenated alkanes) is 1. The van der Waals surface area contributed by atoms with Crippen molar-refractivity contribution in [2.24, 2.45) is 0 Å². The van der Waals surface area contributed by atoms with Gasteiger partial charge in [-0.2, -0.15) is 0 Å². The van der Waals surface area contributed by atoms with E-state index in [1.165, 1.54) is 18.2 Å². The smallest absolute Gasteiger partial charge is 0.344 e. The molecule has 1 aromatic carbocycles. The zero-order chi connectivity index (χ0) is 15.0. The average molecular weight is 283 g/mol. The number of nitrogens with one attached hydrogen (secondary N) is 1. The van der Waals surface area contributed by atoms with Crippen molar-refractivity contribution in [3.05, 3.63) is 29.6 Å². The van der Waals surface area contributed by atoms with E-state index in [0.29, 0.717) is 17.9 Å². The molecule has 0 saturated carbocycles. The molecule has 1 rings (SSSR count). The first kappa shape index (κ1) is 16.4. The second-order valence-corrected chi connectivity index (χ2v) is 4.56. The fraction of sp³-hybridized carbons (Fsp3) is 0.533. The maximum Gasteiger partial charge on any atom is 0.344 e. The van der Waals surface area contributed by atoms with E-state index in [2.05, 4.69) is 5.32 Å². The summed E-state index contributed by atoms with van der Waals surface area (Å²) in [6.45, 7) is 4.15. The van der Waals surface area contributed by atoms with Gasteiger partial charge >= 0.3 is 5.97 Å². The molecule has 0 spiro atoms. The maximum atomic E-state index is 13.3. The van der Waals surface area contributed by atoms with Crippen molar-refractivity contribution >= 4 is 5.97 Å². The predicted molar refractivity (Wildman–Crippen MR) is 75.2 cm³/mol. The molecule has 0 fully saturated rings. The zero-order valence-electron chi connectivity index (χ0n) is 12.2. The van der Waals surface area contributed by atoms with E-state index >= 15 is 0 Å². The minimum atomic E-state index is -0.411. The lowest BCUT2D eigenvalue weighted by atomic mass is 10.1. The van der Waals surface area contributed by atoms with Gasteiger partial charge in [-0.1, -0.05) is 13.3 Å². The highest BCUT2D eigenvalue weighted by atomic mass is 19.1. The van der Waals surface area contributed by atoms with Crippen LogP contribution in [0.3, 0.4) is 0 Å². The van der Waals surface area contributed by atoms with Crippen LogP contribution in [0.25, 0.3) is 0 Å². The minimum Gasteiger partial charge on any atom is -0.482 e. The number of halogens is 1. The van der Waals surface area contributed by atoms with E-state index < -0.39 is 5.97 Å². The summed E-state index contributed by atoms with van der Waals surface area (Å²) in [6.07, 6.45) is 1.81. The van der Waals surface area contributed by atoms with Crippen LogP contribution in [0.5, 0.6) is 5.75 Å². The Hall–Kier alpha value is -1.62. The molecule has 1 N–H and O–H groups in total. The van der Waals surface area contributed by atoms with E-state index in [4.69, 9.17) is 9.47 Å².